The Bertz CT molecular complexity index is 274. The normalized spacial score (nSPS) is 11.7. The van der Waals surface area contributed by atoms with Crippen LogP contribution >= 0.6 is 0 Å². The van der Waals surface area contributed by atoms with Crippen LogP contribution in [0.1, 0.15) is 33.4 Å². The molecule has 0 bridgehead atoms. The van der Waals surface area contributed by atoms with Crippen molar-refractivity contribution >= 4 is 0 Å². The molecule has 1 heterocycles. The molecule has 0 aliphatic carbocycles. The fraction of sp³-hybridized carbons (Fsp3) is 0.692. The third-order valence-corrected chi connectivity index (χ3v) is 3.02. The number of nitrogens with one attached hydrogen (secondary N) is 1. The van der Waals surface area contributed by atoms with Gasteiger partial charge in [0.05, 0.1) is 5.69 Å². The number of hydrogen-bond acceptors (Lipinski definition) is 3. The fourth-order valence-electron chi connectivity index (χ4n) is 2.03. The van der Waals surface area contributed by atoms with Crippen LogP contribution in [0.5, 0.6) is 0 Å². The average molecular weight is 221 g/mol. The van der Waals surface area contributed by atoms with Gasteiger partial charge in [-0.25, -0.2) is 0 Å². The van der Waals surface area contributed by atoms with Crippen molar-refractivity contribution in [2.24, 2.45) is 17.8 Å². The Hall–Kier alpha value is -0.960. The highest BCUT2D eigenvalue weighted by atomic mass is 14.9. The minimum absolute atomic E-state index is 0.717. The molecule has 3 heteroatoms. The summed E-state index contributed by atoms with van der Waals surface area (Å²) in [6.45, 7) is 11.0. The summed E-state index contributed by atoms with van der Waals surface area (Å²) in [4.78, 5) is 8.29. The lowest BCUT2D eigenvalue weighted by Gasteiger charge is -2.25. The molecule has 1 N–H and O–H groups in total. The molecular formula is C13H23N3. The molecule has 0 saturated carbocycles. The monoisotopic (exact) mass is 221 g/mol. The first-order valence-corrected chi connectivity index (χ1v) is 6.07. The molecule has 0 spiro atoms. The minimum atomic E-state index is 0.717. The number of aromatic nitrogens is 2. The maximum atomic E-state index is 4.24. The summed E-state index contributed by atoms with van der Waals surface area (Å²) in [5, 5.41) is 3.46. The smallest absolute Gasteiger partial charge is 0.0724 e. The second-order valence-electron chi connectivity index (χ2n) is 4.98. The van der Waals surface area contributed by atoms with Crippen molar-refractivity contribution in [3.8, 4) is 0 Å². The van der Waals surface area contributed by atoms with E-state index in [4.69, 9.17) is 0 Å². The highest BCUT2D eigenvalue weighted by molar-refractivity contribution is 4.93. The molecule has 0 unspecified atom stereocenters. The third kappa shape index (κ3) is 4.27. The Kier molecular flexibility index (Phi) is 5.39. The van der Waals surface area contributed by atoms with Gasteiger partial charge in [0.15, 0.2) is 0 Å². The largest absolute Gasteiger partial charge is 0.311 e. The first-order valence-electron chi connectivity index (χ1n) is 6.07. The summed E-state index contributed by atoms with van der Waals surface area (Å²) < 4.78 is 0. The molecule has 1 aromatic heterocycles. The van der Waals surface area contributed by atoms with Gasteiger partial charge in [0.2, 0.25) is 0 Å². The minimum Gasteiger partial charge on any atom is -0.311 e. The molecule has 0 atom stereocenters. The van der Waals surface area contributed by atoms with Gasteiger partial charge in [-0.2, -0.15) is 0 Å². The summed E-state index contributed by atoms with van der Waals surface area (Å²) in [6, 6.07) is 0. The van der Waals surface area contributed by atoms with Crippen molar-refractivity contribution < 1.29 is 0 Å². The van der Waals surface area contributed by atoms with E-state index in [0.29, 0.717) is 11.8 Å². The zero-order valence-corrected chi connectivity index (χ0v) is 10.8. The fourth-order valence-corrected chi connectivity index (χ4v) is 2.03. The first-order chi connectivity index (χ1) is 7.61. The summed E-state index contributed by atoms with van der Waals surface area (Å²) in [6.07, 6.45) is 5.25. The Labute approximate surface area is 98.7 Å². The van der Waals surface area contributed by atoms with Crippen LogP contribution in [-0.4, -0.2) is 16.5 Å². The van der Waals surface area contributed by atoms with Crippen LogP contribution in [0.3, 0.4) is 0 Å². The van der Waals surface area contributed by atoms with E-state index in [1.165, 1.54) is 0 Å². The maximum Gasteiger partial charge on any atom is 0.0724 e. The maximum absolute atomic E-state index is 4.24. The predicted molar refractivity (Wildman–Crippen MR) is 66.9 cm³/mol. The lowest BCUT2D eigenvalue weighted by molar-refractivity contribution is 0.275. The lowest BCUT2D eigenvalue weighted by Crippen LogP contribution is -2.29. The molecule has 3 nitrogen and oxygen atoms in total. The Morgan fingerprint density at radius 2 is 1.81 bits per heavy atom. The van der Waals surface area contributed by atoms with Crippen LogP contribution in [0, 0.1) is 17.8 Å². The molecule has 0 saturated heterocycles. The highest BCUT2D eigenvalue weighted by Crippen LogP contribution is 2.19. The standard InChI is InChI=1S/C13H23N3/c1-10(2)13(11(3)4)9-15-8-12-7-14-5-6-16-12/h5-7,10-11,13,15H,8-9H2,1-4H3. The molecular weight excluding hydrogens is 198 g/mol. The van der Waals surface area contributed by atoms with Gasteiger partial charge in [-0.15, -0.1) is 0 Å². The molecule has 0 amide bonds. The quantitative estimate of drug-likeness (QED) is 0.802. The summed E-state index contributed by atoms with van der Waals surface area (Å²) in [7, 11) is 0. The van der Waals surface area contributed by atoms with Crippen molar-refractivity contribution in [1.82, 2.24) is 15.3 Å². The van der Waals surface area contributed by atoms with Crippen LogP contribution in [0.4, 0.5) is 0 Å². The van der Waals surface area contributed by atoms with Gasteiger partial charge >= 0.3 is 0 Å². The average Bonchev–Trinajstić information content (AvgIpc) is 2.24. The van der Waals surface area contributed by atoms with Crippen LogP contribution < -0.4 is 5.32 Å². The SMILES string of the molecule is CC(C)C(CNCc1cnccn1)C(C)C. The van der Waals surface area contributed by atoms with Crippen molar-refractivity contribution in [1.29, 1.82) is 0 Å². The third-order valence-electron chi connectivity index (χ3n) is 3.02. The van der Waals surface area contributed by atoms with E-state index < -0.39 is 0 Å². The zero-order chi connectivity index (χ0) is 12.0. The van der Waals surface area contributed by atoms with E-state index in [-0.39, 0.29) is 0 Å². The number of rotatable bonds is 6. The molecule has 0 fully saturated rings. The summed E-state index contributed by atoms with van der Waals surface area (Å²) in [5.41, 5.74) is 1.01. The van der Waals surface area contributed by atoms with Gasteiger partial charge in [0.25, 0.3) is 0 Å². The van der Waals surface area contributed by atoms with Crippen LogP contribution in [0.2, 0.25) is 0 Å². The Morgan fingerprint density at radius 3 is 2.31 bits per heavy atom. The van der Waals surface area contributed by atoms with Crippen molar-refractivity contribution in [2.45, 2.75) is 34.2 Å². The van der Waals surface area contributed by atoms with Crippen LogP contribution in [0.25, 0.3) is 0 Å². The molecule has 0 aliphatic rings. The molecule has 16 heavy (non-hydrogen) atoms. The van der Waals surface area contributed by atoms with Gasteiger partial charge < -0.3 is 5.32 Å². The number of hydrogen-bond donors (Lipinski definition) is 1. The van der Waals surface area contributed by atoms with E-state index >= 15 is 0 Å². The van der Waals surface area contributed by atoms with Crippen molar-refractivity contribution in [2.75, 3.05) is 6.54 Å². The zero-order valence-electron chi connectivity index (χ0n) is 10.8. The second kappa shape index (κ2) is 6.59. The summed E-state index contributed by atoms with van der Waals surface area (Å²) in [5.74, 6) is 2.15. The van der Waals surface area contributed by atoms with Crippen LogP contribution in [-0.2, 0) is 6.54 Å². The molecule has 0 radical (unpaired) electrons. The van der Waals surface area contributed by atoms with Gasteiger partial charge in [-0.05, 0) is 24.3 Å². The summed E-state index contributed by atoms with van der Waals surface area (Å²) >= 11 is 0. The van der Waals surface area contributed by atoms with Gasteiger partial charge in [0, 0.05) is 25.1 Å². The highest BCUT2D eigenvalue weighted by Gasteiger charge is 2.16. The second-order valence-corrected chi connectivity index (χ2v) is 4.98. The molecule has 1 aromatic rings. The van der Waals surface area contributed by atoms with Gasteiger partial charge in [0.1, 0.15) is 0 Å². The molecule has 1 rings (SSSR count). The molecule has 0 aromatic carbocycles. The Balaban J connectivity index is 2.34. The van der Waals surface area contributed by atoms with E-state index in [9.17, 15) is 0 Å². The lowest BCUT2D eigenvalue weighted by atomic mass is 9.85. The van der Waals surface area contributed by atoms with Gasteiger partial charge in [-0.1, -0.05) is 27.7 Å². The molecule has 0 aliphatic heterocycles. The van der Waals surface area contributed by atoms with E-state index in [0.717, 1.165) is 24.7 Å². The van der Waals surface area contributed by atoms with E-state index in [1.54, 1.807) is 12.4 Å². The van der Waals surface area contributed by atoms with Crippen LogP contribution in [0.15, 0.2) is 18.6 Å². The van der Waals surface area contributed by atoms with Gasteiger partial charge in [-0.3, -0.25) is 9.97 Å². The predicted octanol–water partition coefficient (Wildman–Crippen LogP) is 2.49. The molecule has 90 valence electrons. The van der Waals surface area contributed by atoms with Crippen molar-refractivity contribution in [3.05, 3.63) is 24.3 Å². The number of nitrogens with zero attached hydrogens (tertiary/aromatic N) is 2. The van der Waals surface area contributed by atoms with E-state index in [1.807, 2.05) is 6.20 Å². The first kappa shape index (κ1) is 13.1. The van der Waals surface area contributed by atoms with E-state index in [2.05, 4.69) is 43.0 Å². The Morgan fingerprint density at radius 1 is 1.12 bits per heavy atom. The van der Waals surface area contributed by atoms with Crippen molar-refractivity contribution in [3.63, 3.8) is 0 Å². The topological polar surface area (TPSA) is 37.8 Å².